The molecule has 2 heterocycles. The largest absolute Gasteiger partial charge is 0.308 e. The van der Waals surface area contributed by atoms with Crippen molar-refractivity contribution in [3.63, 3.8) is 0 Å². The second-order valence-electron chi connectivity index (χ2n) is 6.18. The SMILES string of the molecule is CCc1nccn1-c1c(CNC(C)(C)C)c(C)nn1C. The van der Waals surface area contributed by atoms with E-state index in [-0.39, 0.29) is 5.54 Å². The zero-order valence-corrected chi connectivity index (χ0v) is 13.4. The van der Waals surface area contributed by atoms with Crippen LogP contribution in [0.15, 0.2) is 12.4 Å². The van der Waals surface area contributed by atoms with E-state index >= 15 is 0 Å². The Morgan fingerprint density at radius 2 is 2.00 bits per heavy atom. The molecule has 0 atom stereocenters. The summed E-state index contributed by atoms with van der Waals surface area (Å²) in [6.45, 7) is 11.5. The summed E-state index contributed by atoms with van der Waals surface area (Å²) in [4.78, 5) is 4.41. The summed E-state index contributed by atoms with van der Waals surface area (Å²) in [6.07, 6.45) is 4.77. The highest BCUT2D eigenvalue weighted by molar-refractivity contribution is 5.39. The molecule has 0 saturated heterocycles. The van der Waals surface area contributed by atoms with Crippen molar-refractivity contribution in [1.29, 1.82) is 0 Å². The minimum atomic E-state index is 0.0854. The first-order valence-corrected chi connectivity index (χ1v) is 7.13. The first-order chi connectivity index (χ1) is 9.33. The van der Waals surface area contributed by atoms with Crippen molar-refractivity contribution < 1.29 is 0 Å². The molecule has 2 aromatic heterocycles. The van der Waals surface area contributed by atoms with Gasteiger partial charge in [0, 0.05) is 43.5 Å². The molecule has 0 aliphatic rings. The van der Waals surface area contributed by atoms with Crippen LogP contribution in [0, 0.1) is 6.92 Å². The molecule has 0 aliphatic heterocycles. The summed E-state index contributed by atoms with van der Waals surface area (Å²) in [5.41, 5.74) is 2.38. The Morgan fingerprint density at radius 3 is 2.60 bits per heavy atom. The third-order valence-electron chi connectivity index (χ3n) is 3.37. The van der Waals surface area contributed by atoms with Gasteiger partial charge in [0.05, 0.1) is 5.69 Å². The Balaban J connectivity index is 2.43. The molecule has 110 valence electrons. The molecule has 0 unspecified atom stereocenters. The lowest BCUT2D eigenvalue weighted by atomic mass is 10.1. The van der Waals surface area contributed by atoms with E-state index in [1.165, 1.54) is 5.56 Å². The highest BCUT2D eigenvalue weighted by Crippen LogP contribution is 2.20. The first kappa shape index (κ1) is 14.8. The average molecular weight is 275 g/mol. The van der Waals surface area contributed by atoms with Crippen LogP contribution < -0.4 is 5.32 Å². The maximum atomic E-state index is 4.57. The fourth-order valence-corrected chi connectivity index (χ4v) is 2.34. The number of hydrogen-bond acceptors (Lipinski definition) is 3. The van der Waals surface area contributed by atoms with Crippen molar-refractivity contribution in [3.8, 4) is 5.82 Å². The summed E-state index contributed by atoms with van der Waals surface area (Å²) in [6, 6.07) is 0. The molecule has 1 N–H and O–H groups in total. The van der Waals surface area contributed by atoms with Gasteiger partial charge in [-0.15, -0.1) is 0 Å². The molecule has 5 heteroatoms. The normalized spacial score (nSPS) is 12.1. The molecule has 0 amide bonds. The van der Waals surface area contributed by atoms with E-state index in [2.05, 4.69) is 54.6 Å². The van der Waals surface area contributed by atoms with Crippen molar-refractivity contribution in [1.82, 2.24) is 24.6 Å². The summed E-state index contributed by atoms with van der Waals surface area (Å²) in [5, 5.41) is 8.12. The molecule has 0 bridgehead atoms. The maximum Gasteiger partial charge on any atom is 0.140 e. The Hall–Kier alpha value is -1.62. The van der Waals surface area contributed by atoms with Crippen LogP contribution in [0.5, 0.6) is 0 Å². The van der Waals surface area contributed by atoms with Gasteiger partial charge in [-0.3, -0.25) is 9.25 Å². The van der Waals surface area contributed by atoms with E-state index in [4.69, 9.17) is 0 Å². The number of imidazole rings is 1. The Labute approximate surface area is 121 Å². The Morgan fingerprint density at radius 1 is 1.30 bits per heavy atom. The zero-order valence-electron chi connectivity index (χ0n) is 13.4. The summed E-state index contributed by atoms with van der Waals surface area (Å²) in [5.74, 6) is 2.17. The van der Waals surface area contributed by atoms with Gasteiger partial charge in [-0.25, -0.2) is 4.98 Å². The quantitative estimate of drug-likeness (QED) is 0.932. The minimum absolute atomic E-state index is 0.0854. The van der Waals surface area contributed by atoms with E-state index < -0.39 is 0 Å². The van der Waals surface area contributed by atoms with Crippen molar-refractivity contribution in [2.45, 2.75) is 53.1 Å². The van der Waals surface area contributed by atoms with Crippen LogP contribution in [-0.4, -0.2) is 24.9 Å². The fraction of sp³-hybridized carbons (Fsp3) is 0.600. The maximum absolute atomic E-state index is 4.57. The van der Waals surface area contributed by atoms with Gasteiger partial charge in [0.15, 0.2) is 0 Å². The number of rotatable bonds is 4. The standard InChI is InChI=1S/C15H25N5/c1-7-13-16-8-9-20(13)14-12(10-17-15(3,4)5)11(2)18-19(14)6/h8-9,17H,7,10H2,1-6H3. The van der Waals surface area contributed by atoms with Gasteiger partial charge < -0.3 is 5.32 Å². The monoisotopic (exact) mass is 275 g/mol. The Kier molecular flexibility index (Phi) is 3.99. The molecule has 5 nitrogen and oxygen atoms in total. The molecular weight excluding hydrogens is 250 g/mol. The van der Waals surface area contributed by atoms with Gasteiger partial charge in [-0.05, 0) is 27.7 Å². The predicted octanol–water partition coefficient (Wildman–Crippen LogP) is 2.36. The highest BCUT2D eigenvalue weighted by Gasteiger charge is 2.18. The van der Waals surface area contributed by atoms with Crippen molar-refractivity contribution in [3.05, 3.63) is 29.5 Å². The second kappa shape index (κ2) is 5.40. The fourth-order valence-electron chi connectivity index (χ4n) is 2.34. The molecule has 0 radical (unpaired) electrons. The minimum Gasteiger partial charge on any atom is -0.308 e. The van der Waals surface area contributed by atoms with Crippen LogP contribution in [0.1, 0.15) is 44.8 Å². The van der Waals surface area contributed by atoms with Gasteiger partial charge in [-0.2, -0.15) is 5.10 Å². The molecule has 0 spiro atoms. The van der Waals surface area contributed by atoms with Gasteiger partial charge in [0.25, 0.3) is 0 Å². The second-order valence-corrected chi connectivity index (χ2v) is 6.18. The van der Waals surface area contributed by atoms with Crippen molar-refractivity contribution in [2.75, 3.05) is 0 Å². The van der Waals surface area contributed by atoms with E-state index in [1.807, 2.05) is 24.1 Å². The molecule has 0 saturated carbocycles. The third kappa shape index (κ3) is 2.93. The van der Waals surface area contributed by atoms with Gasteiger partial charge in [-0.1, -0.05) is 6.92 Å². The van der Waals surface area contributed by atoms with Gasteiger partial charge in [0.2, 0.25) is 0 Å². The lowest BCUT2D eigenvalue weighted by Crippen LogP contribution is -2.35. The molecular formula is C15H25N5. The lowest BCUT2D eigenvalue weighted by molar-refractivity contribution is 0.423. The molecule has 0 aliphatic carbocycles. The number of aromatic nitrogens is 4. The van der Waals surface area contributed by atoms with E-state index in [0.29, 0.717) is 0 Å². The van der Waals surface area contributed by atoms with Crippen LogP contribution >= 0.6 is 0 Å². The molecule has 2 rings (SSSR count). The number of hydrogen-bond donors (Lipinski definition) is 1. The topological polar surface area (TPSA) is 47.7 Å². The summed E-state index contributed by atoms with van der Waals surface area (Å²) in [7, 11) is 1.99. The summed E-state index contributed by atoms with van der Waals surface area (Å²) >= 11 is 0. The van der Waals surface area contributed by atoms with Crippen molar-refractivity contribution >= 4 is 0 Å². The molecule has 0 fully saturated rings. The lowest BCUT2D eigenvalue weighted by Gasteiger charge is -2.21. The molecule has 0 aromatic carbocycles. The summed E-state index contributed by atoms with van der Waals surface area (Å²) < 4.78 is 4.08. The average Bonchev–Trinajstić information content (AvgIpc) is 2.89. The van der Waals surface area contributed by atoms with Crippen molar-refractivity contribution in [2.24, 2.45) is 7.05 Å². The third-order valence-corrected chi connectivity index (χ3v) is 3.37. The molecule has 20 heavy (non-hydrogen) atoms. The van der Waals surface area contributed by atoms with Crippen LogP contribution in [-0.2, 0) is 20.0 Å². The predicted molar refractivity (Wildman–Crippen MR) is 81.0 cm³/mol. The van der Waals surface area contributed by atoms with Crippen LogP contribution in [0.25, 0.3) is 5.82 Å². The van der Waals surface area contributed by atoms with E-state index in [9.17, 15) is 0 Å². The highest BCUT2D eigenvalue weighted by atomic mass is 15.3. The van der Waals surface area contributed by atoms with E-state index in [0.717, 1.165) is 30.3 Å². The van der Waals surface area contributed by atoms with Gasteiger partial charge >= 0.3 is 0 Å². The zero-order chi connectivity index (χ0) is 14.9. The number of nitrogens with one attached hydrogen (secondary N) is 1. The van der Waals surface area contributed by atoms with Crippen LogP contribution in [0.3, 0.4) is 0 Å². The molecule has 2 aromatic rings. The van der Waals surface area contributed by atoms with Crippen LogP contribution in [0.2, 0.25) is 0 Å². The number of aryl methyl sites for hydroxylation is 3. The first-order valence-electron chi connectivity index (χ1n) is 7.13. The van der Waals surface area contributed by atoms with E-state index in [1.54, 1.807) is 0 Å². The van der Waals surface area contributed by atoms with Gasteiger partial charge in [0.1, 0.15) is 11.6 Å². The Bertz CT molecular complexity index is 586. The smallest absolute Gasteiger partial charge is 0.140 e. The van der Waals surface area contributed by atoms with Crippen LogP contribution in [0.4, 0.5) is 0 Å². The number of nitrogens with zero attached hydrogens (tertiary/aromatic N) is 4.